The van der Waals surface area contributed by atoms with Gasteiger partial charge in [0.05, 0.1) is 0 Å². The molecule has 0 saturated heterocycles. The maximum Gasteiger partial charge on any atom is 0.0383 e. The van der Waals surface area contributed by atoms with E-state index in [4.69, 9.17) is 11.5 Å². The van der Waals surface area contributed by atoms with Crippen LogP contribution in [0, 0.1) is 0 Å². The fraction of sp³-hybridized carbons (Fsp3) is 0.0769. The molecule has 4 aromatic rings. The summed E-state index contributed by atoms with van der Waals surface area (Å²) in [6.45, 7) is 0. The van der Waals surface area contributed by atoms with E-state index in [1.54, 1.807) is 0 Å². The summed E-state index contributed by atoms with van der Waals surface area (Å²) in [6, 6.07) is 31.5. The van der Waals surface area contributed by atoms with E-state index in [1.807, 2.05) is 24.3 Å². The third-order valence-electron chi connectivity index (χ3n) is 5.81. The van der Waals surface area contributed by atoms with Crippen molar-refractivity contribution in [1.29, 1.82) is 0 Å². The smallest absolute Gasteiger partial charge is 0.0383 e. The summed E-state index contributed by atoms with van der Waals surface area (Å²) in [5, 5.41) is 0. The molecule has 0 unspecified atom stereocenters. The first-order chi connectivity index (χ1) is 13.7. The van der Waals surface area contributed by atoms with E-state index in [0.29, 0.717) is 0 Å². The van der Waals surface area contributed by atoms with Crippen LogP contribution in [-0.4, -0.2) is 0 Å². The summed E-state index contributed by atoms with van der Waals surface area (Å²) in [4.78, 5) is 0. The molecule has 0 atom stereocenters. The van der Waals surface area contributed by atoms with Crippen molar-refractivity contribution < 1.29 is 0 Å². The van der Waals surface area contributed by atoms with Gasteiger partial charge in [-0.3, -0.25) is 0 Å². The molecule has 0 spiro atoms. The number of benzene rings is 4. The Balaban J connectivity index is 1.77. The largest absolute Gasteiger partial charge is 0.398 e. The van der Waals surface area contributed by atoms with Crippen LogP contribution in [0.25, 0.3) is 11.1 Å². The van der Waals surface area contributed by atoms with Gasteiger partial charge in [-0.25, -0.2) is 0 Å². The molecule has 0 amide bonds. The molecule has 136 valence electrons. The van der Waals surface area contributed by atoms with Gasteiger partial charge in [0.25, 0.3) is 0 Å². The minimum atomic E-state index is 0.00617. The fourth-order valence-electron chi connectivity index (χ4n) is 4.50. The maximum atomic E-state index is 6.43. The Morgan fingerprint density at radius 1 is 0.536 bits per heavy atom. The summed E-state index contributed by atoms with van der Waals surface area (Å²) in [5.41, 5.74) is 23.4. The van der Waals surface area contributed by atoms with E-state index in [1.165, 1.54) is 27.8 Å². The summed E-state index contributed by atoms with van der Waals surface area (Å²) in [6.07, 6.45) is 0.942. The van der Waals surface area contributed by atoms with E-state index >= 15 is 0 Å². The van der Waals surface area contributed by atoms with Crippen molar-refractivity contribution in [2.45, 2.75) is 12.3 Å². The van der Waals surface area contributed by atoms with Crippen molar-refractivity contribution in [3.05, 3.63) is 119 Å². The van der Waals surface area contributed by atoms with Gasteiger partial charge < -0.3 is 11.5 Å². The maximum absolute atomic E-state index is 6.43. The lowest BCUT2D eigenvalue weighted by Gasteiger charge is -2.24. The molecule has 4 aromatic carbocycles. The Labute approximate surface area is 165 Å². The van der Waals surface area contributed by atoms with Crippen LogP contribution in [0.2, 0.25) is 0 Å². The van der Waals surface area contributed by atoms with Gasteiger partial charge in [0, 0.05) is 17.3 Å². The van der Waals surface area contributed by atoms with Gasteiger partial charge in [0.2, 0.25) is 0 Å². The number of anilines is 2. The van der Waals surface area contributed by atoms with Gasteiger partial charge in [-0.2, -0.15) is 0 Å². The summed E-state index contributed by atoms with van der Waals surface area (Å²) in [7, 11) is 0. The lowest BCUT2D eigenvalue weighted by Crippen LogP contribution is -2.11. The Morgan fingerprint density at radius 2 is 1.07 bits per heavy atom. The SMILES string of the molecule is Nc1ccccc1C(c1ccccc1N)c1cccc2c1Cc1ccccc1-2. The predicted octanol–water partition coefficient (Wildman–Crippen LogP) is 5.60. The van der Waals surface area contributed by atoms with Gasteiger partial charge in [-0.15, -0.1) is 0 Å². The quantitative estimate of drug-likeness (QED) is 0.324. The van der Waals surface area contributed by atoms with Crippen molar-refractivity contribution >= 4 is 11.4 Å². The molecule has 0 radical (unpaired) electrons. The molecule has 1 aliphatic carbocycles. The minimum absolute atomic E-state index is 0.00617. The van der Waals surface area contributed by atoms with Gasteiger partial charge >= 0.3 is 0 Å². The van der Waals surface area contributed by atoms with Gasteiger partial charge in [-0.05, 0) is 57.5 Å². The zero-order valence-corrected chi connectivity index (χ0v) is 15.6. The van der Waals surface area contributed by atoms with Crippen molar-refractivity contribution in [3.63, 3.8) is 0 Å². The number of rotatable bonds is 3. The molecule has 0 aliphatic heterocycles. The lowest BCUT2D eigenvalue weighted by molar-refractivity contribution is 0.961. The second-order valence-electron chi connectivity index (χ2n) is 7.40. The predicted molar refractivity (Wildman–Crippen MR) is 117 cm³/mol. The first-order valence-corrected chi connectivity index (χ1v) is 9.63. The van der Waals surface area contributed by atoms with Crippen LogP contribution in [0.5, 0.6) is 0 Å². The van der Waals surface area contributed by atoms with Crippen molar-refractivity contribution in [2.75, 3.05) is 11.5 Å². The van der Waals surface area contributed by atoms with E-state index in [-0.39, 0.29) is 5.92 Å². The molecule has 4 N–H and O–H groups in total. The van der Waals surface area contributed by atoms with Crippen LogP contribution in [0.15, 0.2) is 91.0 Å². The highest BCUT2D eigenvalue weighted by Gasteiger charge is 2.28. The number of hydrogen-bond donors (Lipinski definition) is 2. The average Bonchev–Trinajstić information content (AvgIpc) is 3.10. The van der Waals surface area contributed by atoms with Crippen LogP contribution < -0.4 is 11.5 Å². The minimum Gasteiger partial charge on any atom is -0.398 e. The number of para-hydroxylation sites is 2. The second-order valence-corrected chi connectivity index (χ2v) is 7.40. The highest BCUT2D eigenvalue weighted by Crippen LogP contribution is 2.45. The standard InChI is InChI=1S/C26H22N2/c27-24-14-5-3-10-21(24)26(22-11-4-6-15-25(22)28)20-13-7-12-19-18-9-2-1-8-17(18)16-23(19)20/h1-15,26H,16,27-28H2. The highest BCUT2D eigenvalue weighted by atomic mass is 14.6. The summed E-state index contributed by atoms with van der Waals surface area (Å²) in [5.74, 6) is 0.00617. The zero-order chi connectivity index (χ0) is 19.1. The molecule has 2 heteroatoms. The van der Waals surface area contributed by atoms with Crippen LogP contribution in [0.4, 0.5) is 11.4 Å². The first-order valence-electron chi connectivity index (χ1n) is 9.63. The van der Waals surface area contributed by atoms with Crippen LogP contribution in [0.1, 0.15) is 33.7 Å². The van der Waals surface area contributed by atoms with Crippen LogP contribution in [0.3, 0.4) is 0 Å². The molecule has 0 fully saturated rings. The van der Waals surface area contributed by atoms with E-state index in [0.717, 1.165) is 28.9 Å². The molecule has 0 saturated carbocycles. The molecule has 0 heterocycles. The second kappa shape index (κ2) is 6.58. The number of nitrogen functional groups attached to an aromatic ring is 2. The molecular weight excluding hydrogens is 340 g/mol. The molecule has 1 aliphatic rings. The molecule has 2 nitrogen and oxygen atoms in total. The Morgan fingerprint density at radius 3 is 1.75 bits per heavy atom. The molecule has 0 bridgehead atoms. The van der Waals surface area contributed by atoms with Gasteiger partial charge in [-0.1, -0.05) is 78.9 Å². The first kappa shape index (κ1) is 16.6. The Kier molecular flexibility index (Phi) is 3.91. The van der Waals surface area contributed by atoms with E-state index < -0.39 is 0 Å². The summed E-state index contributed by atoms with van der Waals surface area (Å²) < 4.78 is 0. The van der Waals surface area contributed by atoms with Crippen molar-refractivity contribution in [1.82, 2.24) is 0 Å². The van der Waals surface area contributed by atoms with Gasteiger partial charge in [0.1, 0.15) is 0 Å². The monoisotopic (exact) mass is 362 g/mol. The summed E-state index contributed by atoms with van der Waals surface area (Å²) >= 11 is 0. The topological polar surface area (TPSA) is 52.0 Å². The third kappa shape index (κ3) is 2.57. The number of fused-ring (bicyclic) bond motifs is 3. The van der Waals surface area contributed by atoms with Gasteiger partial charge in [0.15, 0.2) is 0 Å². The molecule has 0 aromatic heterocycles. The number of hydrogen-bond acceptors (Lipinski definition) is 2. The molecule has 5 rings (SSSR count). The van der Waals surface area contributed by atoms with Crippen molar-refractivity contribution in [3.8, 4) is 11.1 Å². The fourth-order valence-corrected chi connectivity index (χ4v) is 4.50. The molecular formula is C26H22N2. The van der Waals surface area contributed by atoms with E-state index in [9.17, 15) is 0 Å². The number of nitrogens with two attached hydrogens (primary N) is 2. The Bertz CT molecular complexity index is 1130. The van der Waals surface area contributed by atoms with Crippen molar-refractivity contribution in [2.24, 2.45) is 0 Å². The molecule has 28 heavy (non-hydrogen) atoms. The Hall–Kier alpha value is -3.52. The average molecular weight is 362 g/mol. The third-order valence-corrected chi connectivity index (χ3v) is 5.81. The highest BCUT2D eigenvalue weighted by molar-refractivity contribution is 5.79. The normalized spacial score (nSPS) is 12.0. The lowest BCUT2D eigenvalue weighted by atomic mass is 9.80. The van der Waals surface area contributed by atoms with Crippen LogP contribution >= 0.6 is 0 Å². The van der Waals surface area contributed by atoms with E-state index in [2.05, 4.69) is 66.7 Å². The zero-order valence-electron chi connectivity index (χ0n) is 15.6. The van der Waals surface area contributed by atoms with Crippen LogP contribution in [-0.2, 0) is 6.42 Å².